The molecule has 21 heavy (non-hydrogen) atoms. The predicted octanol–water partition coefficient (Wildman–Crippen LogP) is 1.97. The van der Waals surface area contributed by atoms with Gasteiger partial charge >= 0.3 is 0 Å². The molecule has 0 N–H and O–H groups in total. The fourth-order valence-electron chi connectivity index (χ4n) is 2.56. The molecule has 1 saturated heterocycles. The number of fused-ring (bicyclic) bond motifs is 1. The molecule has 0 bridgehead atoms. The standard InChI is InChI=1S/C15H19N3O2S/c1-11(19)18-7-5-17(6-8-18)10-15-16-13-4-3-12(20-2)9-14(13)21-15/h3-4,9H,5-8,10H2,1-2H3. The lowest BCUT2D eigenvalue weighted by atomic mass is 10.3. The molecule has 0 spiro atoms. The van der Waals surface area contributed by atoms with E-state index < -0.39 is 0 Å². The Morgan fingerprint density at radius 2 is 2.10 bits per heavy atom. The number of carbonyl (C=O) groups excluding carboxylic acids is 1. The van der Waals surface area contributed by atoms with Gasteiger partial charge < -0.3 is 9.64 Å². The van der Waals surface area contributed by atoms with Crippen LogP contribution in [0.4, 0.5) is 0 Å². The topological polar surface area (TPSA) is 45.7 Å². The molecule has 0 aliphatic carbocycles. The van der Waals surface area contributed by atoms with E-state index in [1.165, 1.54) is 0 Å². The van der Waals surface area contributed by atoms with Gasteiger partial charge in [-0.05, 0) is 18.2 Å². The minimum absolute atomic E-state index is 0.168. The van der Waals surface area contributed by atoms with E-state index in [1.54, 1.807) is 25.4 Å². The average molecular weight is 305 g/mol. The maximum atomic E-state index is 11.3. The Kier molecular flexibility index (Phi) is 4.07. The zero-order valence-corrected chi connectivity index (χ0v) is 13.2. The largest absolute Gasteiger partial charge is 0.497 e. The minimum atomic E-state index is 0.168. The fourth-order valence-corrected chi connectivity index (χ4v) is 3.60. The summed E-state index contributed by atoms with van der Waals surface area (Å²) in [5, 5.41) is 1.12. The molecule has 1 fully saturated rings. The molecule has 1 aliphatic heterocycles. The van der Waals surface area contributed by atoms with Gasteiger partial charge in [-0.25, -0.2) is 4.98 Å². The van der Waals surface area contributed by atoms with E-state index in [0.717, 1.165) is 53.7 Å². The molecule has 0 radical (unpaired) electrons. The molecule has 0 atom stereocenters. The average Bonchev–Trinajstić information content (AvgIpc) is 2.88. The summed E-state index contributed by atoms with van der Waals surface area (Å²) in [7, 11) is 1.68. The van der Waals surface area contributed by atoms with Gasteiger partial charge in [-0.2, -0.15) is 0 Å². The number of hydrogen-bond acceptors (Lipinski definition) is 5. The van der Waals surface area contributed by atoms with Crippen molar-refractivity contribution in [3.63, 3.8) is 0 Å². The van der Waals surface area contributed by atoms with Crippen molar-refractivity contribution in [1.82, 2.24) is 14.8 Å². The third-order valence-electron chi connectivity index (χ3n) is 3.82. The second-order valence-electron chi connectivity index (χ2n) is 5.22. The van der Waals surface area contributed by atoms with Gasteiger partial charge in [-0.1, -0.05) is 0 Å². The molecule has 2 aromatic rings. The van der Waals surface area contributed by atoms with Crippen LogP contribution < -0.4 is 4.74 Å². The van der Waals surface area contributed by atoms with Crippen LogP contribution in [0.1, 0.15) is 11.9 Å². The van der Waals surface area contributed by atoms with Crippen LogP contribution in [-0.2, 0) is 11.3 Å². The molecule has 1 aromatic carbocycles. The van der Waals surface area contributed by atoms with Crippen LogP contribution in [0.15, 0.2) is 18.2 Å². The van der Waals surface area contributed by atoms with E-state index in [4.69, 9.17) is 4.74 Å². The van der Waals surface area contributed by atoms with Gasteiger partial charge in [0.2, 0.25) is 5.91 Å². The Morgan fingerprint density at radius 1 is 1.33 bits per heavy atom. The van der Waals surface area contributed by atoms with Crippen LogP contribution in [0.3, 0.4) is 0 Å². The van der Waals surface area contributed by atoms with Gasteiger partial charge in [-0.3, -0.25) is 9.69 Å². The number of methoxy groups -OCH3 is 1. The summed E-state index contributed by atoms with van der Waals surface area (Å²) in [6, 6.07) is 5.98. The van der Waals surface area contributed by atoms with Gasteiger partial charge in [0.05, 0.1) is 23.9 Å². The second kappa shape index (κ2) is 5.99. The van der Waals surface area contributed by atoms with Crippen molar-refractivity contribution in [2.24, 2.45) is 0 Å². The predicted molar refractivity (Wildman–Crippen MR) is 83.7 cm³/mol. The number of benzene rings is 1. The van der Waals surface area contributed by atoms with Crippen molar-refractivity contribution in [1.29, 1.82) is 0 Å². The Labute approximate surface area is 128 Å². The third-order valence-corrected chi connectivity index (χ3v) is 4.82. The highest BCUT2D eigenvalue weighted by Crippen LogP contribution is 2.27. The Hall–Kier alpha value is -1.66. The van der Waals surface area contributed by atoms with Crippen molar-refractivity contribution < 1.29 is 9.53 Å². The van der Waals surface area contributed by atoms with E-state index in [1.807, 2.05) is 23.1 Å². The van der Waals surface area contributed by atoms with Crippen molar-refractivity contribution >= 4 is 27.5 Å². The van der Waals surface area contributed by atoms with Gasteiger partial charge in [-0.15, -0.1) is 11.3 Å². The number of aromatic nitrogens is 1. The number of carbonyl (C=O) groups is 1. The molecule has 112 valence electrons. The van der Waals surface area contributed by atoms with Gasteiger partial charge in [0.25, 0.3) is 0 Å². The zero-order valence-electron chi connectivity index (χ0n) is 12.3. The molecular weight excluding hydrogens is 286 g/mol. The summed E-state index contributed by atoms with van der Waals surface area (Å²) >= 11 is 1.71. The summed E-state index contributed by atoms with van der Waals surface area (Å²) in [4.78, 5) is 20.3. The monoisotopic (exact) mass is 305 g/mol. The van der Waals surface area contributed by atoms with E-state index in [2.05, 4.69) is 9.88 Å². The minimum Gasteiger partial charge on any atom is -0.497 e. The summed E-state index contributed by atoms with van der Waals surface area (Å²) in [5.41, 5.74) is 1.03. The highest BCUT2D eigenvalue weighted by molar-refractivity contribution is 7.18. The third kappa shape index (κ3) is 3.16. The molecule has 1 amide bonds. The van der Waals surface area contributed by atoms with Crippen LogP contribution in [0, 0.1) is 0 Å². The first-order valence-electron chi connectivity index (χ1n) is 7.07. The zero-order chi connectivity index (χ0) is 14.8. The first kappa shape index (κ1) is 14.3. The quantitative estimate of drug-likeness (QED) is 0.870. The lowest BCUT2D eigenvalue weighted by Crippen LogP contribution is -2.47. The van der Waals surface area contributed by atoms with E-state index in [-0.39, 0.29) is 5.91 Å². The lowest BCUT2D eigenvalue weighted by Gasteiger charge is -2.33. The summed E-state index contributed by atoms with van der Waals surface area (Å²) in [6.07, 6.45) is 0. The molecule has 5 nitrogen and oxygen atoms in total. The van der Waals surface area contributed by atoms with Crippen LogP contribution >= 0.6 is 11.3 Å². The first-order valence-corrected chi connectivity index (χ1v) is 7.88. The summed E-state index contributed by atoms with van der Waals surface area (Å²) in [6.45, 7) is 5.95. The van der Waals surface area contributed by atoms with Crippen LogP contribution in [-0.4, -0.2) is 54.0 Å². The number of ether oxygens (including phenoxy) is 1. The number of rotatable bonds is 3. The SMILES string of the molecule is COc1ccc2nc(CN3CCN(C(C)=O)CC3)sc2c1. The van der Waals surface area contributed by atoms with E-state index >= 15 is 0 Å². The smallest absolute Gasteiger partial charge is 0.219 e. The van der Waals surface area contributed by atoms with E-state index in [0.29, 0.717) is 0 Å². The highest BCUT2D eigenvalue weighted by Gasteiger charge is 2.19. The Balaban J connectivity index is 1.67. The molecule has 1 aromatic heterocycles. The fraction of sp³-hybridized carbons (Fsp3) is 0.467. The maximum Gasteiger partial charge on any atom is 0.219 e. The Bertz CT molecular complexity index is 647. The second-order valence-corrected chi connectivity index (χ2v) is 6.34. The van der Waals surface area contributed by atoms with Crippen molar-refractivity contribution in [3.8, 4) is 5.75 Å². The number of hydrogen-bond donors (Lipinski definition) is 0. The van der Waals surface area contributed by atoms with Crippen LogP contribution in [0.5, 0.6) is 5.75 Å². The maximum absolute atomic E-state index is 11.3. The van der Waals surface area contributed by atoms with E-state index in [9.17, 15) is 4.79 Å². The molecular formula is C15H19N3O2S. The molecule has 1 aliphatic rings. The van der Waals surface area contributed by atoms with Crippen molar-refractivity contribution in [2.75, 3.05) is 33.3 Å². The molecule has 3 rings (SSSR count). The number of piperazine rings is 1. The molecule has 2 heterocycles. The number of nitrogens with zero attached hydrogens (tertiary/aromatic N) is 3. The molecule has 0 unspecified atom stereocenters. The van der Waals surface area contributed by atoms with Gasteiger partial charge in [0, 0.05) is 33.1 Å². The number of amides is 1. The normalized spacial score (nSPS) is 16.4. The molecule has 6 heteroatoms. The summed E-state index contributed by atoms with van der Waals surface area (Å²) < 4.78 is 6.41. The number of thiazole rings is 1. The highest BCUT2D eigenvalue weighted by atomic mass is 32.1. The van der Waals surface area contributed by atoms with Crippen LogP contribution in [0.2, 0.25) is 0 Å². The first-order chi connectivity index (χ1) is 10.2. The molecule has 0 saturated carbocycles. The van der Waals surface area contributed by atoms with Gasteiger partial charge in [0.1, 0.15) is 10.8 Å². The Morgan fingerprint density at radius 3 is 2.76 bits per heavy atom. The lowest BCUT2D eigenvalue weighted by molar-refractivity contribution is -0.130. The summed E-state index contributed by atoms with van der Waals surface area (Å²) in [5.74, 6) is 1.04. The van der Waals surface area contributed by atoms with Crippen LogP contribution in [0.25, 0.3) is 10.2 Å². The van der Waals surface area contributed by atoms with Crippen molar-refractivity contribution in [2.45, 2.75) is 13.5 Å². The van der Waals surface area contributed by atoms with Gasteiger partial charge in [0.15, 0.2) is 0 Å². The van der Waals surface area contributed by atoms with Crippen molar-refractivity contribution in [3.05, 3.63) is 23.2 Å².